The Bertz CT molecular complexity index is 3010. The molecule has 11 heteroatoms. The molecule has 0 atom stereocenters. The molecule has 0 fully saturated rings. The largest absolute Gasteiger partial charge is 0.423 e. The number of aryl methyl sites for hydroxylation is 2. The molecule has 0 aromatic heterocycles. The highest BCUT2D eigenvalue weighted by Crippen LogP contribution is 2.29. The molecule has 0 saturated carbocycles. The summed E-state index contributed by atoms with van der Waals surface area (Å²) in [6, 6.07) is 42.2. The molecule has 7 aromatic carbocycles. The number of hydrogen-bond acceptors (Lipinski definition) is 9. The number of carbonyl (C=O) groups excluding carboxylic acids is 4. The van der Waals surface area contributed by atoms with Crippen LogP contribution in [0.25, 0.3) is 22.3 Å². The maximum Gasteiger partial charge on any atom is 0.343 e. The zero-order valence-corrected chi connectivity index (χ0v) is 47.5. The predicted octanol–water partition coefficient (Wildman–Crippen LogP) is 19.0. The molecule has 426 valence electrons. The number of halogens is 2. The minimum Gasteiger partial charge on any atom is -0.423 e. The molecule has 7 rings (SSSR count). The normalized spacial score (nSPS) is 11.0. The summed E-state index contributed by atoms with van der Waals surface area (Å²) in [5.41, 5.74) is 6.24. The Hall–Kier alpha value is -8.23. The zero-order valence-electron chi connectivity index (χ0n) is 47.5. The second kappa shape index (κ2) is 32.9. The Morgan fingerprint density at radius 2 is 0.646 bits per heavy atom. The Labute approximate surface area is 482 Å². The van der Waals surface area contributed by atoms with E-state index in [2.05, 4.69) is 62.4 Å². The zero-order chi connectivity index (χ0) is 57.9. The smallest absolute Gasteiger partial charge is 0.343 e. The summed E-state index contributed by atoms with van der Waals surface area (Å²) in [5.74, 6) is -6.95. The Kier molecular flexibility index (Phi) is 24.6. The van der Waals surface area contributed by atoms with E-state index >= 15 is 8.78 Å². The molecule has 0 heterocycles. The first-order valence-electron chi connectivity index (χ1n) is 29.4. The molecule has 0 bridgehead atoms. The van der Waals surface area contributed by atoms with Crippen LogP contribution in [-0.2, 0) is 12.8 Å². The van der Waals surface area contributed by atoms with Gasteiger partial charge in [-0.1, -0.05) is 202 Å². The van der Waals surface area contributed by atoms with Gasteiger partial charge in [-0.25, -0.2) is 28.0 Å². The quantitative estimate of drug-likeness (QED) is 0.0230. The topological polar surface area (TPSA) is 129 Å². The number of unbranched alkanes of at least 4 members (excludes halogenated alkanes) is 18. The Balaban J connectivity index is 0.847. The molecule has 0 spiro atoms. The van der Waals surface area contributed by atoms with Crippen LogP contribution in [0.5, 0.6) is 23.0 Å². The maximum absolute atomic E-state index is 15.3. The van der Waals surface area contributed by atoms with Crippen molar-refractivity contribution in [2.75, 3.05) is 0 Å². The third kappa shape index (κ3) is 19.5. The van der Waals surface area contributed by atoms with Crippen LogP contribution in [0.4, 0.5) is 8.78 Å². The van der Waals surface area contributed by atoms with E-state index in [1.54, 1.807) is 48.5 Å². The highest BCUT2D eigenvalue weighted by atomic mass is 19.1. The van der Waals surface area contributed by atoms with Crippen molar-refractivity contribution < 1.29 is 46.9 Å². The van der Waals surface area contributed by atoms with Gasteiger partial charge in [0.15, 0.2) is 23.1 Å². The molecule has 82 heavy (non-hydrogen) atoms. The summed E-state index contributed by atoms with van der Waals surface area (Å²) < 4.78 is 52.2. The summed E-state index contributed by atoms with van der Waals surface area (Å²) in [5, 5.41) is 9.70. The van der Waals surface area contributed by atoms with Crippen molar-refractivity contribution in [3.05, 3.63) is 202 Å². The number of benzene rings is 7. The summed E-state index contributed by atoms with van der Waals surface area (Å²) in [4.78, 5) is 52.5. The number of nitrogens with zero attached hydrogens (tertiary/aromatic N) is 1. The fraction of sp³-hybridized carbons (Fsp3) is 0.338. The monoisotopic (exact) mass is 1110 g/mol. The minimum absolute atomic E-state index is 0.0588. The van der Waals surface area contributed by atoms with Crippen LogP contribution in [0, 0.1) is 23.0 Å². The Morgan fingerprint density at radius 1 is 0.354 bits per heavy atom. The van der Waals surface area contributed by atoms with Crippen LogP contribution in [0.3, 0.4) is 0 Å². The van der Waals surface area contributed by atoms with Crippen molar-refractivity contribution in [3.8, 4) is 51.3 Å². The van der Waals surface area contributed by atoms with E-state index in [1.807, 2.05) is 6.07 Å². The predicted molar refractivity (Wildman–Crippen MR) is 319 cm³/mol. The van der Waals surface area contributed by atoms with Crippen LogP contribution in [0.1, 0.15) is 200 Å². The van der Waals surface area contributed by atoms with E-state index in [4.69, 9.17) is 18.9 Å². The first-order chi connectivity index (χ1) is 40.0. The van der Waals surface area contributed by atoms with Crippen molar-refractivity contribution in [2.24, 2.45) is 0 Å². The highest BCUT2D eigenvalue weighted by molar-refractivity contribution is 5.94. The van der Waals surface area contributed by atoms with Gasteiger partial charge in [-0.3, -0.25) is 0 Å². The van der Waals surface area contributed by atoms with E-state index in [-0.39, 0.29) is 39.3 Å². The third-order valence-electron chi connectivity index (χ3n) is 14.6. The second-order valence-corrected chi connectivity index (χ2v) is 21.1. The van der Waals surface area contributed by atoms with Gasteiger partial charge in [-0.05, 0) is 132 Å². The highest BCUT2D eigenvalue weighted by Gasteiger charge is 2.20. The molecule has 0 unspecified atom stereocenters. The summed E-state index contributed by atoms with van der Waals surface area (Å²) >= 11 is 0. The van der Waals surface area contributed by atoms with Crippen molar-refractivity contribution in [1.82, 2.24) is 0 Å². The first-order valence-corrected chi connectivity index (χ1v) is 29.4. The molecule has 0 aliphatic carbocycles. The van der Waals surface area contributed by atoms with Crippen LogP contribution in [0.2, 0.25) is 0 Å². The molecule has 0 N–H and O–H groups in total. The van der Waals surface area contributed by atoms with Gasteiger partial charge in [0, 0.05) is 6.07 Å². The molecule has 9 nitrogen and oxygen atoms in total. The maximum atomic E-state index is 15.3. The van der Waals surface area contributed by atoms with Crippen molar-refractivity contribution in [2.45, 2.75) is 155 Å². The molecular weight excluding hydrogens is 1030 g/mol. The molecule has 0 radical (unpaired) electrons. The Morgan fingerprint density at radius 3 is 0.963 bits per heavy atom. The van der Waals surface area contributed by atoms with E-state index in [1.165, 1.54) is 164 Å². The van der Waals surface area contributed by atoms with Crippen LogP contribution in [0.15, 0.2) is 152 Å². The van der Waals surface area contributed by atoms with Gasteiger partial charge in [0.2, 0.25) is 0 Å². The van der Waals surface area contributed by atoms with Crippen molar-refractivity contribution in [1.29, 1.82) is 5.26 Å². The van der Waals surface area contributed by atoms with Gasteiger partial charge in [-0.15, -0.1) is 0 Å². The number of nitriles is 1. The average molecular weight is 1110 g/mol. The summed E-state index contributed by atoms with van der Waals surface area (Å²) in [7, 11) is 0. The van der Waals surface area contributed by atoms with Gasteiger partial charge in [0.1, 0.15) is 11.5 Å². The van der Waals surface area contributed by atoms with Crippen molar-refractivity contribution in [3.63, 3.8) is 0 Å². The van der Waals surface area contributed by atoms with E-state index in [9.17, 15) is 24.4 Å². The molecule has 0 aliphatic heterocycles. The standard InChI is InChI=1S/C71H75F2NO8/c1-3-5-7-9-11-13-15-17-19-21-23-51-25-29-54(30-26-51)56-33-37-58(38-34-56)68(75)81-66-43-41-60(47-64(66)72)70(77)79-62-45-53(50-74)46-63(49-62)80-71(78)61-42-44-67(65(73)48-61)82-69(76)59-39-35-57(36-40-59)55-31-27-52(28-32-55)24-22-20-18-16-14-12-10-8-6-4-2/h25-49H,3-24H2,1-2H3. The lowest BCUT2D eigenvalue weighted by atomic mass is 10.00. The lowest BCUT2D eigenvalue weighted by Gasteiger charge is -2.11. The van der Waals surface area contributed by atoms with Gasteiger partial charge in [-0.2, -0.15) is 5.26 Å². The van der Waals surface area contributed by atoms with Gasteiger partial charge in [0.05, 0.1) is 33.9 Å². The third-order valence-corrected chi connectivity index (χ3v) is 14.6. The van der Waals surface area contributed by atoms with Gasteiger partial charge < -0.3 is 18.9 Å². The van der Waals surface area contributed by atoms with Crippen LogP contribution >= 0.6 is 0 Å². The number of esters is 4. The summed E-state index contributed by atoms with van der Waals surface area (Å²) in [6.07, 6.45) is 28.1. The van der Waals surface area contributed by atoms with E-state index in [0.29, 0.717) is 0 Å². The van der Waals surface area contributed by atoms with Crippen molar-refractivity contribution >= 4 is 23.9 Å². The molecule has 0 aliphatic rings. The van der Waals surface area contributed by atoms with Crippen LogP contribution < -0.4 is 18.9 Å². The number of ether oxygens (including phenoxy) is 4. The van der Waals surface area contributed by atoms with E-state index in [0.717, 1.165) is 65.4 Å². The van der Waals surface area contributed by atoms with Crippen LogP contribution in [-0.4, -0.2) is 23.9 Å². The number of hydrogen-bond donors (Lipinski definition) is 0. The fourth-order valence-corrected chi connectivity index (χ4v) is 9.78. The average Bonchev–Trinajstić information content (AvgIpc) is 3.64. The molecule has 0 amide bonds. The fourth-order valence-electron chi connectivity index (χ4n) is 9.78. The minimum atomic E-state index is -1.03. The van der Waals surface area contributed by atoms with E-state index < -0.39 is 47.0 Å². The lowest BCUT2D eigenvalue weighted by Crippen LogP contribution is -2.13. The molecular formula is C71H75F2NO8. The molecule has 7 aromatic rings. The molecule has 0 saturated heterocycles. The summed E-state index contributed by atoms with van der Waals surface area (Å²) in [6.45, 7) is 4.49. The number of rotatable bonds is 32. The SMILES string of the molecule is CCCCCCCCCCCCc1ccc(-c2ccc(C(=O)Oc3ccc(C(=O)Oc4cc(C#N)cc(OC(=O)c5ccc(OC(=O)c6ccc(-c7ccc(CCCCCCCCCCCC)cc7)cc6)c(F)c5)c4)cc3F)cc2)cc1. The second-order valence-electron chi connectivity index (χ2n) is 21.1. The first kappa shape index (κ1) is 61.4. The number of carbonyl (C=O) groups is 4. The van der Waals surface area contributed by atoms with Gasteiger partial charge in [0.25, 0.3) is 0 Å². The lowest BCUT2D eigenvalue weighted by molar-refractivity contribution is 0.0716. The van der Waals surface area contributed by atoms with Gasteiger partial charge >= 0.3 is 23.9 Å².